The Kier molecular flexibility index (Phi) is 5.01. The van der Waals surface area contributed by atoms with E-state index < -0.39 is 23.3 Å². The molecule has 17 heavy (non-hydrogen) atoms. The fourth-order valence-electron chi connectivity index (χ4n) is 1.19. The topological polar surface area (TPSA) is 59.1 Å². The van der Waals surface area contributed by atoms with E-state index in [-0.39, 0.29) is 12.4 Å². The Hall–Kier alpha value is -0.780. The van der Waals surface area contributed by atoms with Crippen molar-refractivity contribution in [2.75, 3.05) is 0 Å². The van der Waals surface area contributed by atoms with Gasteiger partial charge in [-0.1, -0.05) is 6.07 Å². The molecule has 1 heterocycles. The summed E-state index contributed by atoms with van der Waals surface area (Å²) in [6.07, 6.45) is 0. The highest BCUT2D eigenvalue weighted by molar-refractivity contribution is 5.85. The van der Waals surface area contributed by atoms with Gasteiger partial charge in [0.2, 0.25) is 0 Å². The third kappa shape index (κ3) is 3.34. The maximum Gasteiger partial charge on any atom is 0.317 e. The number of pyridine rings is 1. The van der Waals surface area contributed by atoms with Crippen LogP contribution in [0.4, 0.5) is 8.78 Å². The van der Waals surface area contributed by atoms with Gasteiger partial charge >= 0.3 is 5.92 Å². The number of hydrogen-bond donors (Lipinski definition) is 2. The first-order chi connectivity index (χ1) is 7.16. The molecule has 0 aliphatic carbocycles. The SMILES string of the molecule is C[C@@H](N)c1cccc(C(F)(F)C(C)(C)O)n1.Cl. The quantitative estimate of drug-likeness (QED) is 0.883. The Labute approximate surface area is 105 Å². The van der Waals surface area contributed by atoms with Gasteiger partial charge in [0, 0.05) is 6.04 Å². The van der Waals surface area contributed by atoms with Crippen LogP contribution in [0.3, 0.4) is 0 Å². The van der Waals surface area contributed by atoms with E-state index in [0.29, 0.717) is 5.69 Å². The molecule has 0 unspecified atom stereocenters. The zero-order valence-electron chi connectivity index (χ0n) is 9.95. The van der Waals surface area contributed by atoms with E-state index in [4.69, 9.17) is 5.73 Å². The molecule has 1 rings (SSSR count). The van der Waals surface area contributed by atoms with Gasteiger partial charge in [-0.3, -0.25) is 0 Å². The maximum absolute atomic E-state index is 13.8. The molecule has 0 aromatic carbocycles. The summed E-state index contributed by atoms with van der Waals surface area (Å²) < 4.78 is 27.5. The first-order valence-corrected chi connectivity index (χ1v) is 4.99. The van der Waals surface area contributed by atoms with Gasteiger partial charge in [0.15, 0.2) is 0 Å². The average molecular weight is 267 g/mol. The van der Waals surface area contributed by atoms with E-state index in [1.165, 1.54) is 12.1 Å². The molecule has 0 spiro atoms. The molecule has 1 aromatic rings. The molecule has 0 saturated heterocycles. The van der Waals surface area contributed by atoms with Crippen molar-refractivity contribution in [2.24, 2.45) is 5.73 Å². The summed E-state index contributed by atoms with van der Waals surface area (Å²) in [6, 6.07) is 3.80. The van der Waals surface area contributed by atoms with E-state index in [9.17, 15) is 13.9 Å². The highest BCUT2D eigenvalue weighted by Gasteiger charge is 2.48. The van der Waals surface area contributed by atoms with E-state index in [1.54, 1.807) is 13.0 Å². The number of halogens is 3. The number of nitrogens with zero attached hydrogens (tertiary/aromatic N) is 1. The number of aromatic nitrogens is 1. The maximum atomic E-state index is 13.8. The van der Waals surface area contributed by atoms with Gasteiger partial charge in [-0.25, -0.2) is 4.98 Å². The summed E-state index contributed by atoms with van der Waals surface area (Å²) in [6.45, 7) is 3.76. The predicted octanol–water partition coefficient (Wildman–Crippen LogP) is 2.39. The third-order valence-electron chi connectivity index (χ3n) is 2.33. The van der Waals surface area contributed by atoms with Gasteiger partial charge < -0.3 is 10.8 Å². The summed E-state index contributed by atoms with van der Waals surface area (Å²) in [5.41, 5.74) is 3.32. The molecule has 0 bridgehead atoms. The second-order valence-electron chi connectivity index (χ2n) is 4.37. The van der Waals surface area contributed by atoms with E-state index in [2.05, 4.69) is 4.98 Å². The molecule has 6 heteroatoms. The summed E-state index contributed by atoms with van der Waals surface area (Å²) in [5, 5.41) is 9.41. The Morgan fingerprint density at radius 1 is 1.35 bits per heavy atom. The van der Waals surface area contributed by atoms with Crippen LogP contribution in [0.1, 0.15) is 38.2 Å². The minimum Gasteiger partial charge on any atom is -0.384 e. The molecular weight excluding hydrogens is 250 g/mol. The van der Waals surface area contributed by atoms with Gasteiger partial charge in [0.25, 0.3) is 0 Å². The smallest absolute Gasteiger partial charge is 0.317 e. The number of aliphatic hydroxyl groups is 1. The zero-order chi connectivity index (χ0) is 12.6. The first kappa shape index (κ1) is 16.2. The highest BCUT2D eigenvalue weighted by atomic mass is 35.5. The number of alkyl halides is 2. The fraction of sp³-hybridized carbons (Fsp3) is 0.545. The molecule has 98 valence electrons. The molecule has 0 saturated carbocycles. The van der Waals surface area contributed by atoms with Crippen molar-refractivity contribution in [2.45, 2.75) is 38.3 Å². The third-order valence-corrected chi connectivity index (χ3v) is 2.33. The van der Waals surface area contributed by atoms with Crippen molar-refractivity contribution in [3.05, 3.63) is 29.6 Å². The normalized spacial score (nSPS) is 14.1. The van der Waals surface area contributed by atoms with Gasteiger partial charge in [0.05, 0.1) is 5.69 Å². The monoisotopic (exact) mass is 266 g/mol. The Morgan fingerprint density at radius 2 is 1.88 bits per heavy atom. The molecule has 3 nitrogen and oxygen atoms in total. The van der Waals surface area contributed by atoms with Crippen molar-refractivity contribution in [3.63, 3.8) is 0 Å². The second kappa shape index (κ2) is 5.25. The molecule has 0 fully saturated rings. The molecule has 1 aromatic heterocycles. The number of hydrogen-bond acceptors (Lipinski definition) is 3. The van der Waals surface area contributed by atoms with Crippen LogP contribution >= 0.6 is 12.4 Å². The molecule has 1 atom stereocenters. The van der Waals surface area contributed by atoms with Crippen molar-refractivity contribution in [3.8, 4) is 0 Å². The number of rotatable bonds is 3. The van der Waals surface area contributed by atoms with E-state index in [0.717, 1.165) is 13.8 Å². The van der Waals surface area contributed by atoms with Gasteiger partial charge in [0.1, 0.15) is 11.3 Å². The fourth-order valence-corrected chi connectivity index (χ4v) is 1.19. The molecule has 0 amide bonds. The van der Waals surface area contributed by atoms with Gasteiger partial charge in [-0.15, -0.1) is 12.4 Å². The first-order valence-electron chi connectivity index (χ1n) is 4.99. The largest absolute Gasteiger partial charge is 0.384 e. The van der Waals surface area contributed by atoms with Crippen LogP contribution in [0.15, 0.2) is 18.2 Å². The minimum atomic E-state index is -3.40. The lowest BCUT2D eigenvalue weighted by Crippen LogP contribution is -2.41. The standard InChI is InChI=1S/C11H16F2N2O.ClH/c1-7(14)8-5-4-6-9(15-8)11(12,13)10(2,3)16;/h4-7,16H,14H2,1-3H3;1H/t7-;/m1./s1. The van der Waals surface area contributed by atoms with Crippen LogP contribution in [0.2, 0.25) is 0 Å². The van der Waals surface area contributed by atoms with Crippen LogP contribution in [0.25, 0.3) is 0 Å². The van der Waals surface area contributed by atoms with Gasteiger partial charge in [-0.2, -0.15) is 8.78 Å². The van der Waals surface area contributed by atoms with E-state index >= 15 is 0 Å². The van der Waals surface area contributed by atoms with Crippen molar-refractivity contribution in [1.82, 2.24) is 4.98 Å². The average Bonchev–Trinajstić information content (AvgIpc) is 2.16. The predicted molar refractivity (Wildman–Crippen MR) is 64.3 cm³/mol. The second-order valence-corrected chi connectivity index (χ2v) is 4.37. The van der Waals surface area contributed by atoms with Crippen LogP contribution in [0.5, 0.6) is 0 Å². The summed E-state index contributed by atoms with van der Waals surface area (Å²) in [7, 11) is 0. The van der Waals surface area contributed by atoms with Crippen LogP contribution in [-0.2, 0) is 5.92 Å². The van der Waals surface area contributed by atoms with Crippen LogP contribution in [0, 0.1) is 0 Å². The molecule has 0 aliphatic rings. The lowest BCUT2D eigenvalue weighted by atomic mass is 9.97. The van der Waals surface area contributed by atoms with Crippen LogP contribution in [-0.4, -0.2) is 15.7 Å². The van der Waals surface area contributed by atoms with Crippen molar-refractivity contribution in [1.29, 1.82) is 0 Å². The highest BCUT2D eigenvalue weighted by Crippen LogP contribution is 2.37. The minimum absolute atomic E-state index is 0. The van der Waals surface area contributed by atoms with Gasteiger partial charge in [-0.05, 0) is 32.9 Å². The Balaban J connectivity index is 0.00000256. The summed E-state index contributed by atoms with van der Waals surface area (Å²) >= 11 is 0. The van der Waals surface area contributed by atoms with Crippen LogP contribution < -0.4 is 5.73 Å². The zero-order valence-corrected chi connectivity index (χ0v) is 10.8. The molecule has 3 N–H and O–H groups in total. The lowest BCUT2D eigenvalue weighted by Gasteiger charge is -2.28. The van der Waals surface area contributed by atoms with Crippen molar-refractivity contribution < 1.29 is 13.9 Å². The lowest BCUT2D eigenvalue weighted by molar-refractivity contribution is -0.171. The Morgan fingerprint density at radius 3 is 2.29 bits per heavy atom. The molecule has 0 aliphatic heterocycles. The molecule has 0 radical (unpaired) electrons. The molecular formula is C11H17ClF2N2O. The van der Waals surface area contributed by atoms with Crippen molar-refractivity contribution >= 4 is 12.4 Å². The van der Waals surface area contributed by atoms with E-state index in [1.807, 2.05) is 0 Å². The number of nitrogens with two attached hydrogens (primary N) is 1. The summed E-state index contributed by atoms with van der Waals surface area (Å²) in [4.78, 5) is 3.78. The summed E-state index contributed by atoms with van der Waals surface area (Å²) in [5.74, 6) is -3.40. The Bertz CT molecular complexity index is 378.